The van der Waals surface area contributed by atoms with E-state index in [0.717, 1.165) is 27.6 Å². The molecule has 2 aromatic heterocycles. The van der Waals surface area contributed by atoms with Gasteiger partial charge >= 0.3 is 0 Å². The lowest BCUT2D eigenvalue weighted by Crippen LogP contribution is -2.38. The number of anilines is 2. The van der Waals surface area contributed by atoms with Gasteiger partial charge in [-0.15, -0.1) is 0 Å². The van der Waals surface area contributed by atoms with Crippen LogP contribution >= 0.6 is 11.3 Å². The molecule has 0 spiro atoms. The van der Waals surface area contributed by atoms with E-state index >= 15 is 0 Å². The van der Waals surface area contributed by atoms with Gasteiger partial charge in [0.2, 0.25) is 5.91 Å². The Kier molecular flexibility index (Phi) is 5.26. The Morgan fingerprint density at radius 3 is 2.66 bits per heavy atom. The van der Waals surface area contributed by atoms with E-state index in [4.69, 9.17) is 9.72 Å². The van der Waals surface area contributed by atoms with Crippen LogP contribution in [0.2, 0.25) is 0 Å². The monoisotopic (exact) mass is 415 g/mol. The lowest BCUT2D eigenvalue weighted by Gasteiger charge is -2.29. The Morgan fingerprint density at radius 2 is 2.00 bits per heavy atom. The number of thiazole rings is 1. The maximum Gasteiger partial charge on any atom is 0.258 e. The molecule has 4 heterocycles. The predicted molar refractivity (Wildman–Crippen MR) is 112 cm³/mol. The number of morpholine rings is 1. The number of rotatable bonds is 4. The SMILES string of the molecule is CC(=O)Nc1nc(C)c(-c2cc3c(c(N4CCOCC4)n2)C(=O)N(C(C)C)C3)s1. The van der Waals surface area contributed by atoms with Gasteiger partial charge in [0.05, 0.1) is 35.0 Å². The van der Waals surface area contributed by atoms with Crippen molar-refractivity contribution in [1.29, 1.82) is 0 Å². The fourth-order valence-corrected chi connectivity index (χ4v) is 4.69. The number of ether oxygens (including phenoxy) is 1. The van der Waals surface area contributed by atoms with Crippen molar-refractivity contribution in [3.05, 3.63) is 22.9 Å². The molecule has 0 aliphatic carbocycles. The Balaban J connectivity index is 1.81. The third-order valence-corrected chi connectivity index (χ3v) is 6.24. The van der Waals surface area contributed by atoms with Crippen molar-refractivity contribution < 1.29 is 14.3 Å². The maximum absolute atomic E-state index is 13.1. The van der Waals surface area contributed by atoms with Crippen molar-refractivity contribution in [2.45, 2.75) is 40.3 Å². The summed E-state index contributed by atoms with van der Waals surface area (Å²) in [6.07, 6.45) is 0. The quantitative estimate of drug-likeness (QED) is 0.826. The zero-order valence-electron chi connectivity index (χ0n) is 17.1. The highest BCUT2D eigenvalue weighted by atomic mass is 32.1. The second kappa shape index (κ2) is 7.72. The molecule has 0 aromatic carbocycles. The number of carbonyl (C=O) groups excluding carboxylic acids is 2. The number of nitrogens with one attached hydrogen (secondary N) is 1. The van der Waals surface area contributed by atoms with E-state index in [1.54, 1.807) is 0 Å². The summed E-state index contributed by atoms with van der Waals surface area (Å²) in [5.41, 5.74) is 3.29. The van der Waals surface area contributed by atoms with Crippen molar-refractivity contribution in [3.8, 4) is 10.6 Å². The molecular formula is C20H25N5O3S. The molecule has 0 atom stereocenters. The van der Waals surface area contributed by atoms with E-state index in [1.807, 2.05) is 31.7 Å². The van der Waals surface area contributed by atoms with Crippen LogP contribution in [0, 0.1) is 6.92 Å². The highest BCUT2D eigenvalue weighted by molar-refractivity contribution is 7.19. The molecule has 9 heteroatoms. The van der Waals surface area contributed by atoms with Crippen LogP contribution in [0.3, 0.4) is 0 Å². The normalized spacial score (nSPS) is 16.5. The molecule has 1 fully saturated rings. The summed E-state index contributed by atoms with van der Waals surface area (Å²) in [4.78, 5) is 38.8. The Bertz CT molecular complexity index is 965. The molecule has 4 rings (SSSR count). The number of amides is 2. The number of hydrogen-bond donors (Lipinski definition) is 1. The Morgan fingerprint density at radius 1 is 1.28 bits per heavy atom. The van der Waals surface area contributed by atoms with Crippen molar-refractivity contribution in [2.75, 3.05) is 36.5 Å². The maximum atomic E-state index is 13.1. The Labute approximate surface area is 173 Å². The molecule has 2 amide bonds. The van der Waals surface area contributed by atoms with Gasteiger partial charge in [0.1, 0.15) is 5.82 Å². The van der Waals surface area contributed by atoms with E-state index < -0.39 is 0 Å². The smallest absolute Gasteiger partial charge is 0.258 e. The van der Waals surface area contributed by atoms with Gasteiger partial charge in [-0.25, -0.2) is 9.97 Å². The number of fused-ring (bicyclic) bond motifs is 1. The van der Waals surface area contributed by atoms with E-state index in [9.17, 15) is 9.59 Å². The predicted octanol–water partition coefficient (Wildman–Crippen LogP) is 2.67. The van der Waals surface area contributed by atoms with Gasteiger partial charge in [0.25, 0.3) is 5.91 Å². The van der Waals surface area contributed by atoms with E-state index in [0.29, 0.717) is 43.5 Å². The van der Waals surface area contributed by atoms with E-state index in [-0.39, 0.29) is 17.9 Å². The van der Waals surface area contributed by atoms with Crippen molar-refractivity contribution in [3.63, 3.8) is 0 Å². The van der Waals surface area contributed by atoms with Gasteiger partial charge in [0.15, 0.2) is 5.13 Å². The van der Waals surface area contributed by atoms with Crippen molar-refractivity contribution >= 4 is 34.1 Å². The van der Waals surface area contributed by atoms with Crippen LogP contribution < -0.4 is 10.2 Å². The van der Waals surface area contributed by atoms with Gasteiger partial charge in [-0.05, 0) is 32.4 Å². The number of pyridine rings is 1. The summed E-state index contributed by atoms with van der Waals surface area (Å²) in [7, 11) is 0. The lowest BCUT2D eigenvalue weighted by molar-refractivity contribution is -0.114. The Hall–Kier alpha value is -2.52. The molecule has 29 heavy (non-hydrogen) atoms. The average molecular weight is 416 g/mol. The number of aromatic nitrogens is 2. The number of aryl methyl sites for hydroxylation is 1. The largest absolute Gasteiger partial charge is 0.378 e. The topological polar surface area (TPSA) is 87.7 Å². The molecule has 0 saturated carbocycles. The van der Waals surface area contributed by atoms with Gasteiger partial charge < -0.3 is 19.9 Å². The fourth-order valence-electron chi connectivity index (χ4n) is 3.72. The highest BCUT2D eigenvalue weighted by Crippen LogP contribution is 2.38. The van der Waals surface area contributed by atoms with Crippen molar-refractivity contribution in [2.24, 2.45) is 0 Å². The minimum absolute atomic E-state index is 0.0375. The standard InChI is InChI=1S/C20H25N5O3S/c1-11(2)25-10-14-9-15(17-12(3)21-20(29-17)22-13(4)26)23-18(16(14)19(25)27)24-5-7-28-8-6-24/h9,11H,5-8,10H2,1-4H3,(H,21,22,26). The van der Waals surface area contributed by atoms with Crippen LogP contribution in [0.5, 0.6) is 0 Å². The second-order valence-corrected chi connectivity index (χ2v) is 8.61. The minimum atomic E-state index is -0.153. The molecule has 154 valence electrons. The molecule has 0 bridgehead atoms. The molecule has 8 nitrogen and oxygen atoms in total. The van der Waals surface area contributed by atoms with Crippen LogP contribution in [-0.4, -0.2) is 59.0 Å². The zero-order chi connectivity index (χ0) is 20.7. The first-order chi connectivity index (χ1) is 13.8. The van der Waals surface area contributed by atoms with Gasteiger partial charge in [-0.3, -0.25) is 9.59 Å². The molecule has 2 aliphatic rings. The highest BCUT2D eigenvalue weighted by Gasteiger charge is 2.35. The summed E-state index contributed by atoms with van der Waals surface area (Å²) in [5, 5.41) is 3.30. The van der Waals surface area contributed by atoms with Gasteiger partial charge in [-0.1, -0.05) is 11.3 Å². The summed E-state index contributed by atoms with van der Waals surface area (Å²) < 4.78 is 5.49. The minimum Gasteiger partial charge on any atom is -0.378 e. The van der Waals surface area contributed by atoms with Gasteiger partial charge in [-0.2, -0.15) is 0 Å². The molecule has 2 aromatic rings. The van der Waals surface area contributed by atoms with Crippen molar-refractivity contribution in [1.82, 2.24) is 14.9 Å². The van der Waals surface area contributed by atoms with Gasteiger partial charge in [0, 0.05) is 32.6 Å². The molecule has 1 N–H and O–H groups in total. The zero-order valence-corrected chi connectivity index (χ0v) is 17.9. The number of nitrogens with zero attached hydrogens (tertiary/aromatic N) is 4. The fraction of sp³-hybridized carbons (Fsp3) is 0.500. The first kappa shape index (κ1) is 19.8. The van der Waals surface area contributed by atoms with E-state index in [1.165, 1.54) is 18.3 Å². The summed E-state index contributed by atoms with van der Waals surface area (Å²) in [5.74, 6) is 0.609. The second-order valence-electron chi connectivity index (χ2n) is 7.61. The third-order valence-electron chi connectivity index (χ3n) is 5.14. The first-order valence-corrected chi connectivity index (χ1v) is 10.6. The van der Waals surface area contributed by atoms with Crippen LogP contribution in [0.15, 0.2) is 6.07 Å². The third kappa shape index (κ3) is 3.72. The number of hydrogen-bond acceptors (Lipinski definition) is 7. The number of carbonyl (C=O) groups is 2. The van der Waals surface area contributed by atoms with Crippen LogP contribution in [-0.2, 0) is 16.1 Å². The molecular weight excluding hydrogens is 390 g/mol. The molecule has 1 saturated heterocycles. The molecule has 2 aliphatic heterocycles. The van der Waals surface area contributed by atoms with E-state index in [2.05, 4.69) is 15.2 Å². The summed E-state index contributed by atoms with van der Waals surface area (Å²) in [6, 6.07) is 2.12. The average Bonchev–Trinajstić information content (AvgIpc) is 3.21. The van der Waals surface area contributed by atoms with Crippen LogP contribution in [0.4, 0.5) is 10.9 Å². The summed E-state index contributed by atoms with van der Waals surface area (Å²) >= 11 is 1.40. The first-order valence-electron chi connectivity index (χ1n) is 9.78. The van der Waals surface area contributed by atoms with Crippen LogP contribution in [0.1, 0.15) is 42.4 Å². The summed E-state index contributed by atoms with van der Waals surface area (Å²) in [6.45, 7) is 10.7. The van der Waals surface area contributed by atoms with Crippen LogP contribution in [0.25, 0.3) is 10.6 Å². The lowest BCUT2D eigenvalue weighted by atomic mass is 10.1. The molecule has 0 radical (unpaired) electrons. The molecule has 0 unspecified atom stereocenters.